The molecular formula is C20H28N2O4S2. The van der Waals surface area contributed by atoms with E-state index in [1.54, 1.807) is 41.8 Å². The van der Waals surface area contributed by atoms with Gasteiger partial charge in [-0.05, 0) is 61.4 Å². The van der Waals surface area contributed by atoms with Crippen LogP contribution in [0.1, 0.15) is 33.6 Å². The van der Waals surface area contributed by atoms with Gasteiger partial charge in [-0.25, -0.2) is 8.42 Å². The van der Waals surface area contributed by atoms with Crippen LogP contribution in [-0.4, -0.2) is 34.0 Å². The molecule has 1 heterocycles. The third kappa shape index (κ3) is 6.24. The van der Waals surface area contributed by atoms with Crippen LogP contribution in [-0.2, 0) is 14.8 Å². The Hall–Kier alpha value is -2.06. The highest BCUT2D eigenvalue weighted by molar-refractivity contribution is 7.94. The molecule has 0 aliphatic heterocycles. The number of sulfonamides is 1. The summed E-state index contributed by atoms with van der Waals surface area (Å²) in [6.07, 6.45) is 1.99. The minimum atomic E-state index is -3.57. The molecule has 0 aliphatic rings. The van der Waals surface area contributed by atoms with Gasteiger partial charge in [-0.3, -0.25) is 9.10 Å². The molecule has 0 saturated carbocycles. The third-order valence-electron chi connectivity index (χ3n) is 4.26. The van der Waals surface area contributed by atoms with Crippen molar-refractivity contribution in [2.24, 2.45) is 5.92 Å². The molecule has 0 radical (unpaired) electrons. The molecule has 1 aromatic heterocycles. The molecule has 0 bridgehead atoms. The Balaban J connectivity index is 1.88. The number of nitrogens with one attached hydrogen (secondary N) is 1. The highest BCUT2D eigenvalue weighted by Gasteiger charge is 2.22. The van der Waals surface area contributed by atoms with E-state index in [0.29, 0.717) is 21.6 Å². The number of hydrogen-bond acceptors (Lipinski definition) is 5. The van der Waals surface area contributed by atoms with Crippen molar-refractivity contribution >= 4 is 33.0 Å². The van der Waals surface area contributed by atoms with Crippen molar-refractivity contribution in [3.63, 3.8) is 0 Å². The maximum absolute atomic E-state index is 12.5. The molecule has 1 unspecified atom stereocenters. The topological polar surface area (TPSA) is 75.7 Å². The highest BCUT2D eigenvalue weighted by atomic mass is 32.2. The van der Waals surface area contributed by atoms with Crippen LogP contribution in [0.2, 0.25) is 0 Å². The normalized spacial score (nSPS) is 12.6. The van der Waals surface area contributed by atoms with Crippen LogP contribution >= 0.6 is 11.3 Å². The summed E-state index contributed by atoms with van der Waals surface area (Å²) in [5.74, 6) is 0.948. The van der Waals surface area contributed by atoms with Crippen LogP contribution in [0.5, 0.6) is 5.75 Å². The zero-order chi connectivity index (χ0) is 20.7. The minimum absolute atomic E-state index is 0.0747. The zero-order valence-corrected chi connectivity index (χ0v) is 18.3. The van der Waals surface area contributed by atoms with Gasteiger partial charge in [0.1, 0.15) is 9.96 Å². The molecule has 1 atom stereocenters. The molecule has 2 rings (SSSR count). The van der Waals surface area contributed by atoms with Crippen molar-refractivity contribution < 1.29 is 17.9 Å². The first kappa shape index (κ1) is 22.2. The predicted molar refractivity (Wildman–Crippen MR) is 114 cm³/mol. The fourth-order valence-electron chi connectivity index (χ4n) is 2.56. The zero-order valence-electron chi connectivity index (χ0n) is 16.7. The van der Waals surface area contributed by atoms with E-state index < -0.39 is 10.0 Å². The maximum Gasteiger partial charge on any atom is 0.273 e. The molecular weight excluding hydrogens is 396 g/mol. The molecule has 1 amide bonds. The van der Waals surface area contributed by atoms with E-state index in [2.05, 4.69) is 19.2 Å². The molecule has 2 aromatic rings. The Morgan fingerprint density at radius 3 is 2.39 bits per heavy atom. The second-order valence-corrected chi connectivity index (χ2v) is 10.3. The van der Waals surface area contributed by atoms with Gasteiger partial charge >= 0.3 is 0 Å². The van der Waals surface area contributed by atoms with Crippen molar-refractivity contribution in [1.29, 1.82) is 0 Å². The van der Waals surface area contributed by atoms with Crippen molar-refractivity contribution in [2.75, 3.05) is 18.0 Å². The van der Waals surface area contributed by atoms with E-state index >= 15 is 0 Å². The Bertz CT molecular complexity index is 847. The molecule has 0 spiro atoms. The monoisotopic (exact) mass is 424 g/mol. The van der Waals surface area contributed by atoms with Crippen molar-refractivity contribution in [3.05, 3.63) is 41.8 Å². The summed E-state index contributed by atoms with van der Waals surface area (Å²) >= 11 is 1.18. The first-order valence-electron chi connectivity index (χ1n) is 9.25. The van der Waals surface area contributed by atoms with E-state index in [4.69, 9.17) is 4.74 Å². The van der Waals surface area contributed by atoms with Gasteiger partial charge < -0.3 is 10.1 Å². The fraction of sp³-hybridized carbons (Fsp3) is 0.450. The molecule has 28 heavy (non-hydrogen) atoms. The van der Waals surface area contributed by atoms with E-state index in [1.807, 2.05) is 6.92 Å². The molecule has 0 saturated heterocycles. The first-order chi connectivity index (χ1) is 13.2. The number of thiophene rings is 1. The van der Waals surface area contributed by atoms with Gasteiger partial charge in [-0.15, -0.1) is 11.3 Å². The number of carbonyl (C=O) groups excluding carboxylic acids is 1. The average Bonchev–Trinajstić information content (AvgIpc) is 3.20. The number of ether oxygens (including phenoxy) is 1. The lowest BCUT2D eigenvalue weighted by Crippen LogP contribution is -2.36. The van der Waals surface area contributed by atoms with Gasteiger partial charge in [0.25, 0.3) is 15.9 Å². The summed E-state index contributed by atoms with van der Waals surface area (Å²) in [5.41, 5.74) is 0.521. The molecule has 1 aromatic carbocycles. The van der Waals surface area contributed by atoms with Crippen LogP contribution in [0, 0.1) is 5.92 Å². The highest BCUT2D eigenvalue weighted by Crippen LogP contribution is 2.26. The van der Waals surface area contributed by atoms with Crippen molar-refractivity contribution in [2.45, 2.75) is 43.9 Å². The Labute approximate surface area is 171 Å². The predicted octanol–water partition coefficient (Wildman–Crippen LogP) is 3.89. The smallest absolute Gasteiger partial charge is 0.273 e. The summed E-state index contributed by atoms with van der Waals surface area (Å²) in [6.45, 7) is 6.22. The molecule has 0 aliphatic carbocycles. The number of carbonyl (C=O) groups is 1. The number of hydrogen-bond donors (Lipinski definition) is 1. The maximum atomic E-state index is 12.5. The average molecular weight is 425 g/mol. The number of rotatable bonds is 10. The Kier molecular flexibility index (Phi) is 7.88. The van der Waals surface area contributed by atoms with Crippen LogP contribution in [0.4, 0.5) is 5.69 Å². The Morgan fingerprint density at radius 1 is 1.14 bits per heavy atom. The minimum Gasteiger partial charge on any atom is -0.484 e. The van der Waals surface area contributed by atoms with E-state index in [0.717, 1.165) is 12.8 Å². The molecule has 6 nitrogen and oxygen atoms in total. The molecule has 0 fully saturated rings. The van der Waals surface area contributed by atoms with E-state index in [1.165, 1.54) is 22.7 Å². The second kappa shape index (κ2) is 9.93. The lowest BCUT2D eigenvalue weighted by Gasteiger charge is -2.19. The summed E-state index contributed by atoms with van der Waals surface area (Å²) in [6, 6.07) is 10.0. The lowest BCUT2D eigenvalue weighted by molar-refractivity contribution is -0.123. The van der Waals surface area contributed by atoms with Gasteiger partial charge in [-0.2, -0.15) is 0 Å². The molecule has 8 heteroatoms. The van der Waals surface area contributed by atoms with Crippen LogP contribution in [0.25, 0.3) is 0 Å². The summed E-state index contributed by atoms with van der Waals surface area (Å²) < 4.78 is 32.1. The van der Waals surface area contributed by atoms with E-state index in [-0.39, 0.29) is 18.6 Å². The summed E-state index contributed by atoms with van der Waals surface area (Å²) in [5, 5.41) is 4.65. The number of nitrogens with zero attached hydrogens (tertiary/aromatic N) is 1. The molecule has 154 valence electrons. The van der Waals surface area contributed by atoms with Gasteiger partial charge in [-0.1, -0.05) is 19.9 Å². The fourth-order valence-corrected chi connectivity index (χ4v) is 4.91. The van der Waals surface area contributed by atoms with Crippen LogP contribution in [0.15, 0.2) is 46.0 Å². The van der Waals surface area contributed by atoms with Crippen LogP contribution < -0.4 is 14.4 Å². The summed E-state index contributed by atoms with van der Waals surface area (Å²) in [7, 11) is -2.05. The van der Waals surface area contributed by atoms with Gasteiger partial charge in [0.2, 0.25) is 0 Å². The van der Waals surface area contributed by atoms with Crippen molar-refractivity contribution in [3.8, 4) is 5.75 Å². The standard InChI is InChI=1S/C20H28N2O4S2/c1-15(2)7-8-16(3)21-19(23)14-26-18-11-9-17(10-12-18)22(4)28(24,25)20-6-5-13-27-20/h5-6,9-13,15-16H,7-8,14H2,1-4H3,(H,21,23). The number of amides is 1. The van der Waals surface area contributed by atoms with Gasteiger partial charge in [0, 0.05) is 13.1 Å². The molecule has 1 N–H and O–H groups in total. The Morgan fingerprint density at radius 2 is 1.82 bits per heavy atom. The van der Waals surface area contributed by atoms with E-state index in [9.17, 15) is 13.2 Å². The number of benzene rings is 1. The quantitative estimate of drug-likeness (QED) is 0.628. The van der Waals surface area contributed by atoms with Crippen molar-refractivity contribution in [1.82, 2.24) is 5.32 Å². The second-order valence-electron chi connectivity index (χ2n) is 7.13. The van der Waals surface area contributed by atoms with Gasteiger partial charge in [0.15, 0.2) is 6.61 Å². The van der Waals surface area contributed by atoms with Gasteiger partial charge in [0.05, 0.1) is 5.69 Å². The third-order valence-corrected chi connectivity index (χ3v) is 7.42. The summed E-state index contributed by atoms with van der Waals surface area (Å²) in [4.78, 5) is 12.0. The lowest BCUT2D eigenvalue weighted by atomic mass is 10.0. The first-order valence-corrected chi connectivity index (χ1v) is 11.6. The van der Waals surface area contributed by atoms with Crippen LogP contribution in [0.3, 0.4) is 0 Å². The SMILES string of the molecule is CC(C)CCC(C)NC(=O)COc1ccc(N(C)S(=O)(=O)c2cccs2)cc1. The largest absolute Gasteiger partial charge is 0.484 e. The number of anilines is 1.